The summed E-state index contributed by atoms with van der Waals surface area (Å²) in [5.41, 5.74) is 5.05. The van der Waals surface area contributed by atoms with Gasteiger partial charge >= 0.3 is 5.69 Å². The molecule has 0 radical (unpaired) electrons. The fraction of sp³-hybridized carbons (Fsp3) is 0.556. The van der Waals surface area contributed by atoms with Gasteiger partial charge in [-0.2, -0.15) is 9.97 Å². The van der Waals surface area contributed by atoms with E-state index in [9.17, 15) is 22.8 Å². The second kappa shape index (κ2) is 18.5. The second-order valence-corrected chi connectivity index (χ2v) is 19.6. The number of imidazole rings is 2. The molecule has 63 heavy (non-hydrogen) atoms. The molecular weight excluding hydrogens is 825 g/mol. The predicted molar refractivity (Wildman–Crippen MR) is 238 cm³/mol. The van der Waals surface area contributed by atoms with E-state index in [-0.39, 0.29) is 41.7 Å². The Labute approximate surface area is 366 Å². The van der Waals surface area contributed by atoms with Gasteiger partial charge in [-0.3, -0.25) is 24.0 Å². The van der Waals surface area contributed by atoms with E-state index in [1.807, 2.05) is 13.0 Å². The molecule has 2 aliphatic heterocycles. The maximum atomic E-state index is 13.3. The maximum absolute atomic E-state index is 13.3. The van der Waals surface area contributed by atoms with Crippen molar-refractivity contribution in [1.82, 2.24) is 44.0 Å². The van der Waals surface area contributed by atoms with Gasteiger partial charge in [0.1, 0.15) is 17.7 Å². The van der Waals surface area contributed by atoms with Gasteiger partial charge in [-0.15, -0.1) is 0 Å². The number of hydrogen-bond donors (Lipinski definition) is 4. The van der Waals surface area contributed by atoms with Crippen molar-refractivity contribution in [2.24, 2.45) is 13.0 Å². The molecular formula is C45H58N10O7S. The number of aromatic amines is 1. The number of hydrogen-bond acceptors (Lipinski definition) is 12. The van der Waals surface area contributed by atoms with E-state index in [0.717, 1.165) is 100 Å². The highest BCUT2D eigenvalue weighted by Crippen LogP contribution is 2.34. The minimum Gasteiger partial charge on any atom is -0.473 e. The Kier molecular flexibility index (Phi) is 12.7. The van der Waals surface area contributed by atoms with Crippen LogP contribution in [0.15, 0.2) is 52.4 Å². The summed E-state index contributed by atoms with van der Waals surface area (Å²) in [6, 6.07) is 10.4. The lowest BCUT2D eigenvalue weighted by Gasteiger charge is -2.36. The largest absolute Gasteiger partial charge is 0.473 e. The van der Waals surface area contributed by atoms with Gasteiger partial charge < -0.3 is 24.7 Å². The third-order valence-electron chi connectivity index (χ3n) is 13.6. The van der Waals surface area contributed by atoms with Gasteiger partial charge in [0, 0.05) is 32.2 Å². The number of sulfonamides is 1. The number of aryl methyl sites for hydroxylation is 2. The van der Waals surface area contributed by atoms with Crippen molar-refractivity contribution < 1.29 is 27.5 Å². The number of fused-ring (bicyclic) bond motifs is 2. The molecule has 18 heteroatoms. The van der Waals surface area contributed by atoms with Crippen LogP contribution in [0.4, 0.5) is 11.6 Å². The number of amides is 2. The van der Waals surface area contributed by atoms with Crippen molar-refractivity contribution in [3.8, 4) is 5.88 Å². The van der Waals surface area contributed by atoms with Crippen LogP contribution in [0.25, 0.3) is 22.2 Å². The van der Waals surface area contributed by atoms with E-state index >= 15 is 0 Å². The summed E-state index contributed by atoms with van der Waals surface area (Å²) in [7, 11) is -2.01. The number of rotatable bonds is 14. The number of likely N-dealkylation sites (tertiary alicyclic amines) is 1. The van der Waals surface area contributed by atoms with Crippen LogP contribution in [0, 0.1) is 12.8 Å². The molecule has 2 aromatic carbocycles. The Morgan fingerprint density at radius 1 is 0.873 bits per heavy atom. The molecule has 5 aromatic rings. The molecule has 4 N–H and O–H groups in total. The van der Waals surface area contributed by atoms with Crippen LogP contribution in [0.3, 0.4) is 0 Å². The highest BCUT2D eigenvalue weighted by Gasteiger charge is 2.32. The molecule has 4 fully saturated rings. The van der Waals surface area contributed by atoms with E-state index < -0.39 is 22.0 Å². The smallest absolute Gasteiger partial charge is 0.329 e. The van der Waals surface area contributed by atoms with E-state index in [4.69, 9.17) is 9.47 Å². The van der Waals surface area contributed by atoms with Crippen molar-refractivity contribution in [2.75, 3.05) is 38.1 Å². The zero-order chi connectivity index (χ0) is 43.7. The average molecular weight is 883 g/mol. The SMILES string of the molecule is Cc1cc(S(=O)(=O)NCCOC2CCC(CN3CCC(c4ccc5c(c4)n(C)c(=O)n5C4CCC(=O)NC4=O)CC3)CC2)ccc1Nc1nc(OC2CCCCC2)c2[nH]cnc2n1. The monoisotopic (exact) mass is 882 g/mol. The highest BCUT2D eigenvalue weighted by molar-refractivity contribution is 7.89. The number of anilines is 2. The summed E-state index contributed by atoms with van der Waals surface area (Å²) < 4.78 is 44.8. The molecule has 9 rings (SSSR count). The lowest BCUT2D eigenvalue weighted by Crippen LogP contribution is -2.44. The molecule has 0 bridgehead atoms. The number of benzene rings is 2. The molecule has 0 spiro atoms. The van der Waals surface area contributed by atoms with Crippen molar-refractivity contribution >= 4 is 55.7 Å². The summed E-state index contributed by atoms with van der Waals surface area (Å²) in [5, 5.41) is 5.61. The average Bonchev–Trinajstić information content (AvgIpc) is 3.86. The number of H-pyrrole nitrogens is 1. The number of imide groups is 1. The topological polar surface area (TPSA) is 207 Å². The number of aromatic nitrogens is 6. The summed E-state index contributed by atoms with van der Waals surface area (Å²) >= 11 is 0. The van der Waals surface area contributed by atoms with Crippen molar-refractivity contribution in [2.45, 2.75) is 119 Å². The molecule has 1 unspecified atom stereocenters. The number of carbonyl (C=O) groups excluding carboxylic acids is 2. The van der Waals surface area contributed by atoms with E-state index in [1.165, 1.54) is 16.6 Å². The standard InChI is InChI=1S/C45H58N10O7S/c1-28-24-34(13-14-35(28)49-44-51-41-40(46-27-47-41)43(52-44)62-33-6-4-3-5-7-33)63(59,60)48-20-23-61-32-11-8-29(9-12-32)26-54-21-18-30(19-22-54)31-10-15-36-38(25-31)53(2)45(58)55(36)37-16-17-39(56)50-42(37)57/h10,13-15,24-25,27,29-30,32-33,37,48H,3-9,11-12,16-23,26H2,1-2H3,(H,50,56,57)(H2,46,47,49,51,52). The Morgan fingerprint density at radius 3 is 2.43 bits per heavy atom. The normalized spacial score (nSPS) is 22.2. The molecule has 2 aliphatic carbocycles. The molecule has 17 nitrogen and oxygen atoms in total. The van der Waals surface area contributed by atoms with Gasteiger partial charge in [-0.1, -0.05) is 12.5 Å². The van der Waals surface area contributed by atoms with Gasteiger partial charge in [0.15, 0.2) is 5.65 Å². The van der Waals surface area contributed by atoms with E-state index in [0.29, 0.717) is 53.5 Å². The quantitative estimate of drug-likeness (QED) is 0.0808. The minimum absolute atomic E-state index is 0.105. The fourth-order valence-corrected chi connectivity index (χ4v) is 11.1. The predicted octanol–water partition coefficient (Wildman–Crippen LogP) is 5.48. The van der Waals surface area contributed by atoms with Crippen LogP contribution in [0.5, 0.6) is 5.88 Å². The summed E-state index contributed by atoms with van der Waals surface area (Å²) in [4.78, 5) is 56.9. The van der Waals surface area contributed by atoms with Crippen molar-refractivity contribution in [1.29, 1.82) is 0 Å². The third kappa shape index (κ3) is 9.54. The molecule has 4 aliphatic rings. The summed E-state index contributed by atoms with van der Waals surface area (Å²) in [6.07, 6.45) is 14.0. The van der Waals surface area contributed by atoms with E-state index in [1.54, 1.807) is 36.1 Å². The first kappa shape index (κ1) is 43.1. The first-order valence-electron chi connectivity index (χ1n) is 22.6. The Hall–Kier alpha value is -5.17. The molecule has 2 amide bonds. The van der Waals surface area contributed by atoms with E-state index in [2.05, 4.69) is 52.3 Å². The fourth-order valence-electron chi connectivity index (χ4n) is 10.00. The Bertz CT molecular complexity index is 2640. The molecule has 336 valence electrons. The third-order valence-corrected chi connectivity index (χ3v) is 15.0. The molecule has 3 aromatic heterocycles. The maximum Gasteiger partial charge on any atom is 0.329 e. The molecule has 5 heterocycles. The van der Waals surface area contributed by atoms with Gasteiger partial charge in [-0.05, 0) is 144 Å². The lowest BCUT2D eigenvalue weighted by atomic mass is 9.85. The molecule has 2 saturated heterocycles. The zero-order valence-electron chi connectivity index (χ0n) is 36.1. The number of nitrogens with zero attached hydrogens (tertiary/aromatic N) is 6. The van der Waals surface area contributed by atoms with Gasteiger partial charge in [0.05, 0.1) is 35.0 Å². The Morgan fingerprint density at radius 2 is 1.67 bits per heavy atom. The second-order valence-electron chi connectivity index (χ2n) is 17.8. The number of nitrogens with one attached hydrogen (secondary N) is 4. The molecule has 2 saturated carbocycles. The number of carbonyl (C=O) groups is 2. The first-order chi connectivity index (χ1) is 30.5. The summed E-state index contributed by atoms with van der Waals surface area (Å²) in [6.45, 7) is 5.43. The van der Waals surface area contributed by atoms with Crippen LogP contribution in [0.1, 0.15) is 107 Å². The molecule has 1 atom stereocenters. The van der Waals surface area contributed by atoms with Crippen LogP contribution in [-0.2, 0) is 31.4 Å². The van der Waals surface area contributed by atoms with Crippen molar-refractivity contribution in [3.63, 3.8) is 0 Å². The lowest BCUT2D eigenvalue weighted by molar-refractivity contribution is -0.135. The first-order valence-corrected chi connectivity index (χ1v) is 24.1. The number of ether oxygens (including phenoxy) is 2. The van der Waals surface area contributed by atoms with Crippen LogP contribution in [-0.4, -0.2) is 99.2 Å². The van der Waals surface area contributed by atoms with Crippen LogP contribution in [0.2, 0.25) is 0 Å². The van der Waals surface area contributed by atoms with Crippen molar-refractivity contribution in [3.05, 3.63) is 64.3 Å². The van der Waals surface area contributed by atoms with Crippen LogP contribution < -0.4 is 25.8 Å². The van der Waals surface area contributed by atoms with Gasteiger partial charge in [-0.25, -0.2) is 22.9 Å². The van der Waals surface area contributed by atoms with Gasteiger partial charge in [0.2, 0.25) is 33.7 Å². The van der Waals surface area contributed by atoms with Gasteiger partial charge in [0.25, 0.3) is 0 Å². The number of piperidine rings is 2. The Balaban J connectivity index is 0.702. The van der Waals surface area contributed by atoms with Crippen LogP contribution >= 0.6 is 0 Å². The zero-order valence-corrected chi connectivity index (χ0v) is 36.9. The highest BCUT2D eigenvalue weighted by atomic mass is 32.2. The summed E-state index contributed by atoms with van der Waals surface area (Å²) in [5.74, 6) is 1.07. The minimum atomic E-state index is -3.75.